The molecule has 70 heavy (non-hydrogen) atoms. The third-order valence-electron chi connectivity index (χ3n) is 13.7. The highest BCUT2D eigenvalue weighted by Gasteiger charge is 2.35. The van der Waals surface area contributed by atoms with Gasteiger partial charge in [-0.25, -0.2) is 29.9 Å². The highest BCUT2D eigenvalue weighted by molar-refractivity contribution is 6.16. The van der Waals surface area contributed by atoms with Crippen LogP contribution in [0.1, 0.15) is 25.0 Å². The molecule has 12 aromatic rings. The van der Waals surface area contributed by atoms with Crippen LogP contribution in [-0.4, -0.2) is 34.5 Å². The molecule has 3 heterocycles. The van der Waals surface area contributed by atoms with Gasteiger partial charge in [0.05, 0.1) is 16.7 Å². The van der Waals surface area contributed by atoms with E-state index in [0.29, 0.717) is 34.9 Å². The average Bonchev–Trinajstić information content (AvgIpc) is 3.89. The first-order valence-corrected chi connectivity index (χ1v) is 23.6. The molecule has 7 heteroatoms. The van der Waals surface area contributed by atoms with Gasteiger partial charge < -0.3 is 4.57 Å². The number of hydrogen-bond acceptors (Lipinski definition) is 6. The first-order chi connectivity index (χ1) is 34.5. The van der Waals surface area contributed by atoms with Crippen LogP contribution in [0.25, 0.3) is 118 Å². The Bertz CT molecular complexity index is 3900. The molecule has 0 fully saturated rings. The monoisotopic (exact) mass is 897 g/mol. The molecular weight excluding hydrogens is 855 g/mol. The lowest BCUT2D eigenvalue weighted by Crippen LogP contribution is -2.14. The van der Waals surface area contributed by atoms with Gasteiger partial charge in [-0.3, -0.25) is 0 Å². The summed E-state index contributed by atoms with van der Waals surface area (Å²) < 4.78 is 2.36. The number of fused-ring (bicyclic) bond motifs is 6. The van der Waals surface area contributed by atoms with Crippen LogP contribution in [0.4, 0.5) is 0 Å². The van der Waals surface area contributed by atoms with Gasteiger partial charge in [0, 0.05) is 49.6 Å². The molecule has 0 aliphatic heterocycles. The Labute approximate surface area is 405 Å². The fraction of sp³-hybridized carbons (Fsp3) is 0.0476. The second kappa shape index (κ2) is 16.5. The van der Waals surface area contributed by atoms with Crippen molar-refractivity contribution in [1.29, 1.82) is 0 Å². The van der Waals surface area contributed by atoms with E-state index >= 15 is 0 Å². The van der Waals surface area contributed by atoms with Crippen LogP contribution in [0.15, 0.2) is 224 Å². The maximum atomic E-state index is 5.49. The van der Waals surface area contributed by atoms with Crippen LogP contribution in [-0.2, 0) is 5.41 Å². The van der Waals surface area contributed by atoms with Gasteiger partial charge in [-0.15, -0.1) is 0 Å². The molecule has 330 valence electrons. The molecule has 0 atom stereocenters. The summed E-state index contributed by atoms with van der Waals surface area (Å²) in [6.45, 7) is 4.60. The van der Waals surface area contributed by atoms with Gasteiger partial charge in [0.15, 0.2) is 34.9 Å². The molecule has 0 saturated heterocycles. The van der Waals surface area contributed by atoms with Crippen molar-refractivity contribution in [2.75, 3.05) is 0 Å². The van der Waals surface area contributed by atoms with Crippen molar-refractivity contribution in [3.8, 4) is 96.3 Å². The molecule has 0 amide bonds. The third kappa shape index (κ3) is 6.89. The standard InChI is InChI=1S/C63H43N7/c1-63(2)51-31-17-15-28-47(51)49-38-44(34-36-52(49)63)61-67-59(43-26-13-6-14-27-43)68-62(69-61)50-39-45(60-65-57(41-22-9-4-10-23-41)64-58(66-60)42-24-11-5-12-25-42)35-37-54(50)70-53-32-18-16-29-48(53)56-46(30-19-33-55(56)70)40-20-7-3-8-21-40/h3-39H,1-2H3. The van der Waals surface area contributed by atoms with E-state index in [1.807, 2.05) is 78.9 Å². The number of rotatable bonds is 8. The van der Waals surface area contributed by atoms with Crippen LogP contribution >= 0.6 is 0 Å². The fourth-order valence-corrected chi connectivity index (χ4v) is 10.3. The number of hydrogen-bond donors (Lipinski definition) is 0. The molecule has 0 saturated carbocycles. The molecule has 9 aromatic carbocycles. The summed E-state index contributed by atoms with van der Waals surface area (Å²) in [5, 5.41) is 2.31. The Hall–Kier alpha value is -9.20. The normalized spacial score (nSPS) is 12.5. The highest BCUT2D eigenvalue weighted by atomic mass is 15.1. The van der Waals surface area contributed by atoms with Gasteiger partial charge in [0.2, 0.25) is 0 Å². The van der Waals surface area contributed by atoms with Gasteiger partial charge in [0.25, 0.3) is 0 Å². The lowest BCUT2D eigenvalue weighted by Gasteiger charge is -2.21. The zero-order valence-corrected chi connectivity index (χ0v) is 38.5. The zero-order chi connectivity index (χ0) is 46.8. The number of benzene rings is 9. The van der Waals surface area contributed by atoms with E-state index in [1.54, 1.807) is 0 Å². The SMILES string of the molecule is CC1(C)c2ccccc2-c2cc(-c3nc(-c4ccccc4)nc(-c4cc(-c5nc(-c6ccccc6)nc(-c6ccccc6)n5)ccc4-n4c5ccccc5c5c(-c6ccccc6)cccc54)n3)ccc21. The molecule has 1 aliphatic rings. The number of aromatic nitrogens is 7. The topological polar surface area (TPSA) is 82.3 Å². The van der Waals surface area contributed by atoms with Gasteiger partial charge >= 0.3 is 0 Å². The Morgan fingerprint density at radius 1 is 0.300 bits per heavy atom. The van der Waals surface area contributed by atoms with Gasteiger partial charge in [-0.05, 0) is 69.8 Å². The second-order valence-electron chi connectivity index (χ2n) is 18.3. The van der Waals surface area contributed by atoms with E-state index in [4.69, 9.17) is 29.9 Å². The van der Waals surface area contributed by atoms with Crippen LogP contribution in [0.5, 0.6) is 0 Å². The molecule has 0 radical (unpaired) electrons. The van der Waals surface area contributed by atoms with Crippen LogP contribution < -0.4 is 0 Å². The summed E-state index contributed by atoms with van der Waals surface area (Å²) in [6, 6.07) is 78.0. The lowest BCUT2D eigenvalue weighted by atomic mass is 9.82. The number of para-hydroxylation sites is 1. The lowest BCUT2D eigenvalue weighted by molar-refractivity contribution is 0.660. The minimum Gasteiger partial charge on any atom is -0.308 e. The van der Waals surface area contributed by atoms with Gasteiger partial charge in [-0.1, -0.05) is 202 Å². The molecule has 0 bridgehead atoms. The van der Waals surface area contributed by atoms with Gasteiger partial charge in [0.1, 0.15) is 0 Å². The Morgan fingerprint density at radius 3 is 1.33 bits per heavy atom. The summed E-state index contributed by atoms with van der Waals surface area (Å²) in [5.74, 6) is 3.38. The predicted molar refractivity (Wildman–Crippen MR) is 283 cm³/mol. The zero-order valence-electron chi connectivity index (χ0n) is 38.5. The minimum absolute atomic E-state index is 0.141. The smallest absolute Gasteiger partial charge is 0.166 e. The van der Waals surface area contributed by atoms with Crippen molar-refractivity contribution in [1.82, 2.24) is 34.5 Å². The van der Waals surface area contributed by atoms with E-state index in [1.165, 1.54) is 27.6 Å². The average molecular weight is 898 g/mol. The minimum atomic E-state index is -0.141. The quantitative estimate of drug-likeness (QED) is 0.151. The van der Waals surface area contributed by atoms with Crippen LogP contribution in [0, 0.1) is 0 Å². The molecule has 3 aromatic heterocycles. The number of nitrogens with zero attached hydrogens (tertiary/aromatic N) is 7. The van der Waals surface area contributed by atoms with Crippen molar-refractivity contribution in [3.63, 3.8) is 0 Å². The van der Waals surface area contributed by atoms with Crippen molar-refractivity contribution < 1.29 is 0 Å². The Morgan fingerprint density at radius 2 is 0.729 bits per heavy atom. The molecule has 7 nitrogen and oxygen atoms in total. The Kier molecular flexibility index (Phi) is 9.69. The van der Waals surface area contributed by atoms with Gasteiger partial charge in [-0.2, -0.15) is 0 Å². The van der Waals surface area contributed by atoms with E-state index < -0.39 is 0 Å². The summed E-state index contributed by atoms with van der Waals surface area (Å²) in [5.41, 5.74) is 15.4. The first kappa shape index (κ1) is 41.0. The summed E-state index contributed by atoms with van der Waals surface area (Å²) in [4.78, 5) is 31.5. The summed E-state index contributed by atoms with van der Waals surface area (Å²) >= 11 is 0. The van der Waals surface area contributed by atoms with Crippen molar-refractivity contribution in [3.05, 3.63) is 236 Å². The van der Waals surface area contributed by atoms with Crippen molar-refractivity contribution in [2.24, 2.45) is 0 Å². The van der Waals surface area contributed by atoms with E-state index in [-0.39, 0.29) is 5.41 Å². The third-order valence-corrected chi connectivity index (χ3v) is 13.7. The molecule has 0 spiro atoms. The maximum Gasteiger partial charge on any atom is 0.166 e. The summed E-state index contributed by atoms with van der Waals surface area (Å²) in [7, 11) is 0. The molecule has 1 aliphatic carbocycles. The first-order valence-electron chi connectivity index (χ1n) is 23.6. The summed E-state index contributed by atoms with van der Waals surface area (Å²) in [6.07, 6.45) is 0. The van der Waals surface area contributed by atoms with Crippen LogP contribution in [0.2, 0.25) is 0 Å². The Balaban J connectivity index is 1.09. The molecule has 0 N–H and O–H groups in total. The molecule has 13 rings (SSSR count). The van der Waals surface area contributed by atoms with E-state index in [0.717, 1.165) is 66.6 Å². The van der Waals surface area contributed by atoms with Crippen molar-refractivity contribution >= 4 is 21.8 Å². The van der Waals surface area contributed by atoms with E-state index in [2.05, 4.69) is 164 Å². The largest absolute Gasteiger partial charge is 0.308 e. The predicted octanol–water partition coefficient (Wildman–Crippen LogP) is 15.1. The van der Waals surface area contributed by atoms with E-state index in [9.17, 15) is 0 Å². The van der Waals surface area contributed by atoms with Crippen LogP contribution in [0.3, 0.4) is 0 Å². The molecule has 0 unspecified atom stereocenters. The fourth-order valence-electron chi connectivity index (χ4n) is 10.3. The second-order valence-corrected chi connectivity index (χ2v) is 18.3. The maximum absolute atomic E-state index is 5.49. The van der Waals surface area contributed by atoms with Crippen molar-refractivity contribution in [2.45, 2.75) is 19.3 Å². The molecular formula is C63H43N7. The highest BCUT2D eigenvalue weighted by Crippen LogP contribution is 2.50.